The number of nitrogens with one attached hydrogen (secondary N) is 1. The molecule has 4 rings (SSSR count). The molecule has 2 N–H and O–H groups in total. The smallest absolute Gasteiger partial charge is 0.240 e. The lowest BCUT2D eigenvalue weighted by atomic mass is 10.0. The van der Waals surface area contributed by atoms with Gasteiger partial charge in [0.1, 0.15) is 5.82 Å². The molecule has 0 radical (unpaired) electrons. The summed E-state index contributed by atoms with van der Waals surface area (Å²) in [4.78, 5) is 23.4. The summed E-state index contributed by atoms with van der Waals surface area (Å²) < 4.78 is 13.7. The Morgan fingerprint density at radius 2 is 1.70 bits per heavy atom. The first-order chi connectivity index (χ1) is 15.8. The summed E-state index contributed by atoms with van der Waals surface area (Å²) in [5, 5.41) is 11.3. The van der Waals surface area contributed by atoms with Gasteiger partial charge in [-0.3, -0.25) is 4.79 Å². The maximum Gasteiger partial charge on any atom is 0.240 e. The molecule has 0 aliphatic carbocycles. The molecule has 1 heterocycles. The van der Waals surface area contributed by atoms with E-state index in [0.29, 0.717) is 34.4 Å². The Morgan fingerprint density at radius 3 is 2.36 bits per heavy atom. The number of nitrogens with zero attached hydrogens (tertiary/aromatic N) is 3. The van der Waals surface area contributed by atoms with Crippen molar-refractivity contribution in [2.45, 2.75) is 0 Å². The van der Waals surface area contributed by atoms with Crippen LogP contribution in [0.1, 0.15) is 11.1 Å². The first kappa shape index (κ1) is 22.2. The molecule has 7 heteroatoms. The zero-order valence-corrected chi connectivity index (χ0v) is 18.7. The van der Waals surface area contributed by atoms with Crippen LogP contribution in [0.2, 0.25) is 0 Å². The number of aromatic hydroxyl groups is 1. The van der Waals surface area contributed by atoms with E-state index in [2.05, 4.69) is 4.98 Å². The van der Waals surface area contributed by atoms with Crippen LogP contribution < -0.4 is 4.90 Å². The van der Waals surface area contributed by atoms with E-state index in [0.717, 1.165) is 11.3 Å². The Morgan fingerprint density at radius 1 is 1.00 bits per heavy atom. The van der Waals surface area contributed by atoms with Crippen molar-refractivity contribution in [1.82, 2.24) is 9.88 Å². The number of hydrogen-bond donors (Lipinski definition) is 2. The molecular formula is C26H25FN4O2. The van der Waals surface area contributed by atoms with Gasteiger partial charge in [0.05, 0.1) is 29.0 Å². The highest BCUT2D eigenvalue weighted by molar-refractivity contribution is 6.21. The quantitative estimate of drug-likeness (QED) is 0.423. The van der Waals surface area contributed by atoms with Gasteiger partial charge in [0, 0.05) is 23.7 Å². The van der Waals surface area contributed by atoms with Gasteiger partial charge < -0.3 is 19.9 Å². The number of H-pyrrole nitrogens is 1. The van der Waals surface area contributed by atoms with Gasteiger partial charge in [0.25, 0.3) is 0 Å². The van der Waals surface area contributed by atoms with E-state index in [1.165, 1.54) is 12.1 Å². The second-order valence-electron chi connectivity index (χ2n) is 8.07. The van der Waals surface area contributed by atoms with Crippen molar-refractivity contribution in [3.8, 4) is 5.88 Å². The van der Waals surface area contributed by atoms with Crippen molar-refractivity contribution in [1.29, 1.82) is 0 Å². The number of rotatable bonds is 6. The summed E-state index contributed by atoms with van der Waals surface area (Å²) >= 11 is 0. The number of benzene rings is 3. The van der Waals surface area contributed by atoms with Crippen molar-refractivity contribution in [3.05, 3.63) is 89.7 Å². The maximum absolute atomic E-state index is 13.7. The normalized spacial score (nSPS) is 11.8. The lowest BCUT2D eigenvalue weighted by Gasteiger charge is -2.19. The van der Waals surface area contributed by atoms with Crippen LogP contribution in [0.5, 0.6) is 5.88 Å². The molecule has 0 spiro atoms. The second kappa shape index (κ2) is 9.26. The predicted octanol–water partition coefficient (Wildman–Crippen LogP) is 4.71. The molecule has 0 saturated carbocycles. The molecule has 0 saturated heterocycles. The topological polar surface area (TPSA) is 71.9 Å². The number of aromatic nitrogens is 1. The van der Waals surface area contributed by atoms with Gasteiger partial charge in [-0.25, -0.2) is 9.38 Å². The van der Waals surface area contributed by atoms with Crippen LogP contribution >= 0.6 is 0 Å². The van der Waals surface area contributed by atoms with Gasteiger partial charge in [-0.15, -0.1) is 0 Å². The Bertz CT molecular complexity index is 1310. The van der Waals surface area contributed by atoms with Gasteiger partial charge in [-0.1, -0.05) is 30.3 Å². The van der Waals surface area contributed by atoms with Crippen molar-refractivity contribution < 1.29 is 14.3 Å². The van der Waals surface area contributed by atoms with Gasteiger partial charge in [0.2, 0.25) is 5.91 Å². The minimum Gasteiger partial charge on any atom is -0.494 e. The van der Waals surface area contributed by atoms with E-state index in [1.807, 2.05) is 73.6 Å². The summed E-state index contributed by atoms with van der Waals surface area (Å²) in [6, 6.07) is 21.1. The van der Waals surface area contributed by atoms with E-state index in [1.54, 1.807) is 18.0 Å². The molecular weight excluding hydrogens is 419 g/mol. The molecule has 1 amide bonds. The minimum atomic E-state index is -0.392. The lowest BCUT2D eigenvalue weighted by Crippen LogP contribution is -2.34. The molecule has 0 unspecified atom stereocenters. The highest BCUT2D eigenvalue weighted by atomic mass is 19.1. The maximum atomic E-state index is 13.7. The molecule has 3 aromatic carbocycles. The number of halogens is 1. The molecule has 0 aliphatic rings. The number of carbonyl (C=O) groups is 1. The van der Waals surface area contributed by atoms with Crippen LogP contribution in [0.4, 0.5) is 15.8 Å². The van der Waals surface area contributed by atoms with Crippen LogP contribution in [0, 0.1) is 5.82 Å². The molecule has 0 aliphatic heterocycles. The fraction of sp³-hybridized carbons (Fsp3) is 0.154. The standard InChI is InChI=1S/C26H25FN4O2/c1-30(2)16-23(32)31(3)20-12-10-19(11-13-20)28-25(17-7-5-4-6-8-17)24-21-14-9-18(27)15-22(21)29-26(24)33/h4-15,29,33H,16H2,1-3H3. The van der Waals surface area contributed by atoms with Crippen molar-refractivity contribution >= 4 is 33.9 Å². The summed E-state index contributed by atoms with van der Waals surface area (Å²) in [5.74, 6) is -0.488. The Kier molecular flexibility index (Phi) is 6.24. The van der Waals surface area contributed by atoms with Crippen LogP contribution in [-0.4, -0.2) is 54.3 Å². The van der Waals surface area contributed by atoms with E-state index in [-0.39, 0.29) is 11.8 Å². The van der Waals surface area contributed by atoms with Crippen LogP contribution in [-0.2, 0) is 4.79 Å². The van der Waals surface area contributed by atoms with Crippen molar-refractivity contribution in [2.75, 3.05) is 32.6 Å². The molecule has 168 valence electrons. The first-order valence-corrected chi connectivity index (χ1v) is 10.5. The number of aliphatic imine (C=N–C) groups is 1. The zero-order chi connectivity index (χ0) is 23.5. The third-order valence-corrected chi connectivity index (χ3v) is 5.33. The molecule has 0 atom stereocenters. The number of carbonyl (C=O) groups excluding carboxylic acids is 1. The number of anilines is 1. The summed E-state index contributed by atoms with van der Waals surface area (Å²) in [5.41, 5.74) is 3.76. The van der Waals surface area contributed by atoms with Gasteiger partial charge >= 0.3 is 0 Å². The molecule has 0 bridgehead atoms. The third kappa shape index (κ3) is 4.78. The fourth-order valence-electron chi connectivity index (χ4n) is 3.66. The van der Waals surface area contributed by atoms with Crippen LogP contribution in [0.3, 0.4) is 0 Å². The number of hydrogen-bond acceptors (Lipinski definition) is 4. The van der Waals surface area contributed by atoms with Crippen LogP contribution in [0.25, 0.3) is 10.9 Å². The molecule has 4 aromatic rings. The van der Waals surface area contributed by atoms with Crippen molar-refractivity contribution in [3.63, 3.8) is 0 Å². The number of aromatic amines is 1. The minimum absolute atomic E-state index is 0.0165. The number of amides is 1. The largest absolute Gasteiger partial charge is 0.494 e. The van der Waals surface area contributed by atoms with E-state index in [4.69, 9.17) is 4.99 Å². The van der Waals surface area contributed by atoms with Gasteiger partial charge in [-0.05, 0) is 56.6 Å². The SMILES string of the molecule is CN(C)CC(=O)N(C)c1ccc(N=C(c2ccccc2)c2c(O)[nH]c3cc(F)ccc23)cc1. The molecule has 1 aromatic heterocycles. The van der Waals surface area contributed by atoms with Gasteiger partial charge in [-0.2, -0.15) is 0 Å². The lowest BCUT2D eigenvalue weighted by molar-refractivity contribution is -0.118. The summed E-state index contributed by atoms with van der Waals surface area (Å²) in [6.45, 7) is 0.314. The average Bonchev–Trinajstić information content (AvgIpc) is 3.12. The zero-order valence-electron chi connectivity index (χ0n) is 18.7. The Hall–Kier alpha value is -3.97. The first-order valence-electron chi connectivity index (χ1n) is 10.5. The fourth-order valence-corrected chi connectivity index (χ4v) is 3.66. The third-order valence-electron chi connectivity index (χ3n) is 5.33. The summed E-state index contributed by atoms with van der Waals surface area (Å²) in [6.07, 6.45) is 0. The molecule has 33 heavy (non-hydrogen) atoms. The summed E-state index contributed by atoms with van der Waals surface area (Å²) in [7, 11) is 5.44. The van der Waals surface area contributed by atoms with Gasteiger partial charge in [0.15, 0.2) is 5.88 Å². The monoisotopic (exact) mass is 444 g/mol. The van der Waals surface area contributed by atoms with E-state index < -0.39 is 5.82 Å². The Balaban J connectivity index is 1.77. The predicted molar refractivity (Wildman–Crippen MR) is 130 cm³/mol. The highest BCUT2D eigenvalue weighted by Crippen LogP contribution is 2.32. The average molecular weight is 445 g/mol. The van der Waals surface area contributed by atoms with E-state index in [9.17, 15) is 14.3 Å². The molecule has 6 nitrogen and oxygen atoms in total. The number of fused-ring (bicyclic) bond motifs is 1. The van der Waals surface area contributed by atoms with Crippen LogP contribution in [0.15, 0.2) is 77.8 Å². The van der Waals surface area contributed by atoms with Crippen molar-refractivity contribution in [2.24, 2.45) is 4.99 Å². The number of likely N-dealkylation sites (N-methyl/N-ethyl adjacent to an activating group) is 2. The van der Waals surface area contributed by atoms with E-state index >= 15 is 0 Å². The molecule has 0 fully saturated rings. The highest BCUT2D eigenvalue weighted by Gasteiger charge is 2.19. The Labute approximate surface area is 191 Å². The second-order valence-corrected chi connectivity index (χ2v) is 8.07.